The molecular weight excluding hydrogens is 371 g/mol. The molecule has 6 nitrogen and oxygen atoms in total. The van der Waals surface area contributed by atoms with E-state index in [9.17, 15) is 14.4 Å². The van der Waals surface area contributed by atoms with Crippen molar-refractivity contribution in [2.45, 2.75) is 51.4 Å². The molecule has 0 aromatic carbocycles. The number of carbonyl (C=O) groups excluding carboxylic acids is 3. The van der Waals surface area contributed by atoms with Crippen molar-refractivity contribution in [1.29, 1.82) is 0 Å². The van der Waals surface area contributed by atoms with Gasteiger partial charge in [-0.2, -0.15) is 0 Å². The number of carbonyl (C=O) groups is 3. The van der Waals surface area contributed by atoms with E-state index < -0.39 is 37.5 Å². The van der Waals surface area contributed by atoms with Crippen molar-refractivity contribution < 1.29 is 23.6 Å². The summed E-state index contributed by atoms with van der Waals surface area (Å²) in [5, 5.41) is 0. The van der Waals surface area contributed by atoms with Crippen LogP contribution in [0.15, 0.2) is 12.2 Å². The van der Waals surface area contributed by atoms with Gasteiger partial charge in [-0.15, -0.1) is 0 Å². The molecule has 0 unspecified atom stereocenters. The first-order valence-electron chi connectivity index (χ1n) is 6.69. The Kier molecular flexibility index (Phi) is 9.28. The predicted molar refractivity (Wildman–Crippen MR) is 74.5 cm³/mol. The summed E-state index contributed by atoms with van der Waals surface area (Å²) in [7, 11) is 0. The van der Waals surface area contributed by atoms with Crippen molar-refractivity contribution in [1.82, 2.24) is 0 Å². The molecular formula is C13H22O6Sn. The Labute approximate surface area is 125 Å². The fourth-order valence-corrected chi connectivity index (χ4v) is 7.96. The van der Waals surface area contributed by atoms with Crippen LogP contribution in [0.25, 0.3) is 0 Å². The third-order valence-electron chi connectivity index (χ3n) is 2.28. The van der Waals surface area contributed by atoms with Gasteiger partial charge in [0.1, 0.15) is 0 Å². The molecule has 7 heteroatoms. The molecule has 0 aromatic rings. The third kappa shape index (κ3) is 6.93. The first-order valence-corrected chi connectivity index (χ1v) is 12.2. The van der Waals surface area contributed by atoms with Gasteiger partial charge in [-0.25, -0.2) is 0 Å². The number of hydrogen-bond acceptors (Lipinski definition) is 6. The second kappa shape index (κ2) is 9.79. The monoisotopic (exact) mass is 394 g/mol. The van der Waals surface area contributed by atoms with Gasteiger partial charge in [0.15, 0.2) is 0 Å². The minimum absolute atomic E-state index is 0.127. The zero-order valence-electron chi connectivity index (χ0n) is 12.4. The predicted octanol–water partition coefficient (Wildman–Crippen LogP) is 2.36. The van der Waals surface area contributed by atoms with E-state index in [-0.39, 0.29) is 23.7 Å². The normalized spacial score (nSPS) is 11.2. The minimum atomic E-state index is -4.57. The SMILES string of the molecule is CC=C[CH2][Sn]([O]C(=O)CC)([O]C(=O)CC)[O]C(=O)CC. The van der Waals surface area contributed by atoms with E-state index >= 15 is 0 Å². The summed E-state index contributed by atoms with van der Waals surface area (Å²) in [5.41, 5.74) is 0. The molecule has 0 heterocycles. The molecule has 0 bridgehead atoms. The van der Waals surface area contributed by atoms with Gasteiger partial charge in [0.25, 0.3) is 0 Å². The van der Waals surface area contributed by atoms with E-state index in [1.165, 1.54) is 0 Å². The quantitative estimate of drug-likeness (QED) is 0.466. The van der Waals surface area contributed by atoms with Crippen LogP contribution in [-0.4, -0.2) is 37.5 Å². The van der Waals surface area contributed by atoms with Crippen molar-refractivity contribution in [2.24, 2.45) is 0 Å². The fraction of sp³-hybridized carbons (Fsp3) is 0.615. The van der Waals surface area contributed by atoms with Crippen LogP contribution < -0.4 is 0 Å². The summed E-state index contributed by atoms with van der Waals surface area (Å²) in [5.74, 6) is -1.59. The second-order valence-electron chi connectivity index (χ2n) is 3.94. The Hall–Kier alpha value is -1.05. The van der Waals surface area contributed by atoms with Gasteiger partial charge in [0.2, 0.25) is 0 Å². The molecule has 20 heavy (non-hydrogen) atoms. The summed E-state index contributed by atoms with van der Waals surface area (Å²) >= 11 is -4.57. The summed E-state index contributed by atoms with van der Waals surface area (Å²) in [6, 6.07) is 0. The molecule has 0 spiro atoms. The molecule has 0 radical (unpaired) electrons. The summed E-state index contributed by atoms with van der Waals surface area (Å²) < 4.78 is 16.0. The molecule has 0 fully saturated rings. The molecule has 0 N–H and O–H groups in total. The van der Waals surface area contributed by atoms with E-state index in [2.05, 4.69) is 0 Å². The number of allylic oxidation sites excluding steroid dienone is 2. The molecule has 0 aliphatic rings. The maximum atomic E-state index is 11.6. The van der Waals surface area contributed by atoms with Gasteiger partial charge in [-0.05, 0) is 0 Å². The van der Waals surface area contributed by atoms with Crippen LogP contribution in [0, 0.1) is 0 Å². The van der Waals surface area contributed by atoms with Crippen molar-refractivity contribution in [3.05, 3.63) is 12.2 Å². The van der Waals surface area contributed by atoms with E-state index in [0.29, 0.717) is 0 Å². The van der Waals surface area contributed by atoms with E-state index in [1.807, 2.05) is 0 Å². The molecule has 0 aliphatic heterocycles. The molecule has 0 rings (SSSR count). The van der Waals surface area contributed by atoms with Crippen LogP contribution >= 0.6 is 0 Å². The molecule has 0 saturated carbocycles. The second-order valence-corrected chi connectivity index (χ2v) is 10.8. The van der Waals surface area contributed by atoms with Gasteiger partial charge in [0, 0.05) is 0 Å². The van der Waals surface area contributed by atoms with Crippen molar-refractivity contribution in [2.75, 3.05) is 0 Å². The summed E-state index contributed by atoms with van der Waals surface area (Å²) in [6.07, 6.45) is 3.79. The van der Waals surface area contributed by atoms with Crippen LogP contribution in [0.1, 0.15) is 47.0 Å². The summed E-state index contributed by atoms with van der Waals surface area (Å²) in [4.78, 5) is 34.7. The van der Waals surface area contributed by atoms with E-state index in [4.69, 9.17) is 9.22 Å². The zero-order chi connectivity index (χ0) is 15.6. The van der Waals surface area contributed by atoms with E-state index in [1.54, 1.807) is 39.8 Å². The maximum absolute atomic E-state index is 11.6. The Morgan fingerprint density at radius 2 is 1.20 bits per heavy atom. The fourth-order valence-electron chi connectivity index (χ4n) is 1.19. The average molecular weight is 393 g/mol. The first kappa shape index (κ1) is 18.9. The molecule has 0 amide bonds. The van der Waals surface area contributed by atoms with Gasteiger partial charge in [0.05, 0.1) is 0 Å². The molecule has 0 atom stereocenters. The Morgan fingerprint density at radius 1 is 0.850 bits per heavy atom. The molecule has 114 valence electrons. The first-order chi connectivity index (χ1) is 9.42. The standard InChI is InChI=1S/C4H7.3C3H6O2.Sn/c1-3-4-2;3*1-2-3(4)5;/h3-4H,1H2,2H3;3*2H2,1H3,(H,4,5);/q;;;;+3/p-3. The van der Waals surface area contributed by atoms with Crippen LogP contribution in [-0.2, 0) is 23.6 Å². The average Bonchev–Trinajstić information content (AvgIpc) is 2.44. The van der Waals surface area contributed by atoms with Gasteiger partial charge in [-0.1, -0.05) is 0 Å². The molecule has 0 aromatic heterocycles. The molecule has 0 saturated heterocycles. The van der Waals surface area contributed by atoms with Gasteiger partial charge >= 0.3 is 125 Å². The van der Waals surface area contributed by atoms with Gasteiger partial charge < -0.3 is 0 Å². The van der Waals surface area contributed by atoms with Crippen molar-refractivity contribution in [3.63, 3.8) is 0 Å². The van der Waals surface area contributed by atoms with Crippen LogP contribution in [0.4, 0.5) is 0 Å². The Balaban J connectivity index is 5.29. The third-order valence-corrected chi connectivity index (χ3v) is 8.99. The van der Waals surface area contributed by atoms with Crippen LogP contribution in [0.5, 0.6) is 0 Å². The van der Waals surface area contributed by atoms with Crippen molar-refractivity contribution >= 4 is 37.5 Å². The van der Waals surface area contributed by atoms with Gasteiger partial charge in [-0.3, -0.25) is 0 Å². The Morgan fingerprint density at radius 3 is 1.45 bits per heavy atom. The zero-order valence-corrected chi connectivity index (χ0v) is 15.3. The summed E-state index contributed by atoms with van der Waals surface area (Å²) in [6.45, 7) is 6.65. The van der Waals surface area contributed by atoms with Crippen molar-refractivity contribution in [3.8, 4) is 0 Å². The molecule has 0 aliphatic carbocycles. The topological polar surface area (TPSA) is 78.9 Å². The number of hydrogen-bond donors (Lipinski definition) is 0. The Bertz CT molecular complexity index is 332. The van der Waals surface area contributed by atoms with Crippen LogP contribution in [0.2, 0.25) is 4.44 Å². The van der Waals surface area contributed by atoms with E-state index in [0.717, 1.165) is 0 Å². The number of rotatable bonds is 8. The van der Waals surface area contributed by atoms with Crippen LogP contribution in [0.3, 0.4) is 0 Å².